The fourth-order valence-electron chi connectivity index (χ4n) is 0.978. The zero-order chi connectivity index (χ0) is 10.3. The van der Waals surface area contributed by atoms with E-state index in [-0.39, 0.29) is 12.1 Å². The number of rotatable bonds is 6. The molecule has 0 aromatic heterocycles. The first-order chi connectivity index (χ1) is 6.07. The molecule has 0 aliphatic heterocycles. The normalized spacial score (nSPS) is 12.2. The van der Waals surface area contributed by atoms with Crippen molar-refractivity contribution in [3.63, 3.8) is 0 Å². The summed E-state index contributed by atoms with van der Waals surface area (Å²) >= 11 is 0. The zero-order valence-electron chi connectivity index (χ0n) is 8.60. The first kappa shape index (κ1) is 12.2. The van der Waals surface area contributed by atoms with Gasteiger partial charge in [0.25, 0.3) is 0 Å². The molecule has 0 saturated heterocycles. The molecule has 0 rings (SSSR count). The highest BCUT2D eigenvalue weighted by molar-refractivity contribution is 5.92. The summed E-state index contributed by atoms with van der Waals surface area (Å²) in [6.07, 6.45) is 4.01. The maximum Gasteiger partial charge on any atom is 0.247 e. The molecule has 0 aliphatic carbocycles. The molecule has 0 saturated carbocycles. The summed E-state index contributed by atoms with van der Waals surface area (Å²) in [5.74, 6) is -0.149. The van der Waals surface area contributed by atoms with E-state index in [1.165, 1.54) is 6.42 Å². The number of nitrogens with one attached hydrogen (secondary N) is 1. The van der Waals surface area contributed by atoms with Gasteiger partial charge in [0.1, 0.15) is 0 Å². The van der Waals surface area contributed by atoms with E-state index in [2.05, 4.69) is 18.8 Å². The number of amides is 1. The summed E-state index contributed by atoms with van der Waals surface area (Å²) in [6.45, 7) is 7.35. The molecule has 0 bridgehead atoms. The van der Waals surface area contributed by atoms with Gasteiger partial charge in [-0.1, -0.05) is 32.8 Å². The highest BCUT2D eigenvalue weighted by Gasteiger charge is 2.06. The van der Waals surface area contributed by atoms with E-state index < -0.39 is 0 Å². The second kappa shape index (κ2) is 6.66. The van der Waals surface area contributed by atoms with Crippen molar-refractivity contribution in [1.29, 1.82) is 0 Å². The lowest BCUT2D eigenvalue weighted by atomic mass is 10.2. The van der Waals surface area contributed by atoms with Gasteiger partial charge in [0, 0.05) is 5.57 Å². The van der Waals surface area contributed by atoms with Crippen LogP contribution in [0.3, 0.4) is 0 Å². The van der Waals surface area contributed by atoms with Gasteiger partial charge in [-0.3, -0.25) is 4.79 Å². The SMILES string of the molecule is C=C(C)C(=O)NC(N)CCCCC. The van der Waals surface area contributed by atoms with Crippen LogP contribution in [0.25, 0.3) is 0 Å². The van der Waals surface area contributed by atoms with E-state index in [0.717, 1.165) is 19.3 Å². The number of carbonyl (C=O) groups is 1. The van der Waals surface area contributed by atoms with Gasteiger partial charge in [-0.05, 0) is 13.3 Å². The topological polar surface area (TPSA) is 55.1 Å². The molecule has 0 heterocycles. The Kier molecular flexibility index (Phi) is 6.24. The summed E-state index contributed by atoms with van der Waals surface area (Å²) in [4.78, 5) is 11.1. The van der Waals surface area contributed by atoms with E-state index in [1.54, 1.807) is 6.92 Å². The molecule has 0 aliphatic rings. The molecule has 76 valence electrons. The highest BCUT2D eigenvalue weighted by Crippen LogP contribution is 2.00. The summed E-state index contributed by atoms with van der Waals surface area (Å²) < 4.78 is 0. The van der Waals surface area contributed by atoms with E-state index >= 15 is 0 Å². The predicted octanol–water partition coefficient (Wildman–Crippen LogP) is 1.54. The van der Waals surface area contributed by atoms with Gasteiger partial charge in [-0.15, -0.1) is 0 Å². The molecule has 0 spiro atoms. The molecular weight excluding hydrogens is 164 g/mol. The Hall–Kier alpha value is -0.830. The lowest BCUT2D eigenvalue weighted by Gasteiger charge is -2.13. The maximum atomic E-state index is 11.1. The molecule has 0 fully saturated rings. The van der Waals surface area contributed by atoms with Crippen molar-refractivity contribution in [3.05, 3.63) is 12.2 Å². The van der Waals surface area contributed by atoms with Crippen LogP contribution in [0.1, 0.15) is 39.5 Å². The van der Waals surface area contributed by atoms with Crippen molar-refractivity contribution < 1.29 is 4.79 Å². The minimum absolute atomic E-state index is 0.149. The Morgan fingerprint density at radius 3 is 2.62 bits per heavy atom. The number of hydrogen-bond acceptors (Lipinski definition) is 2. The van der Waals surface area contributed by atoms with Crippen LogP contribution in [0.2, 0.25) is 0 Å². The van der Waals surface area contributed by atoms with Gasteiger partial charge in [-0.25, -0.2) is 0 Å². The Balaban J connectivity index is 3.55. The summed E-state index contributed by atoms with van der Waals surface area (Å²) in [6, 6.07) is 0. The fourth-order valence-corrected chi connectivity index (χ4v) is 0.978. The largest absolute Gasteiger partial charge is 0.337 e. The minimum atomic E-state index is -0.226. The third-order valence-corrected chi connectivity index (χ3v) is 1.82. The summed E-state index contributed by atoms with van der Waals surface area (Å²) in [5, 5.41) is 2.68. The Morgan fingerprint density at radius 2 is 2.15 bits per heavy atom. The van der Waals surface area contributed by atoms with E-state index in [9.17, 15) is 4.79 Å². The van der Waals surface area contributed by atoms with E-state index in [1.807, 2.05) is 0 Å². The number of carbonyl (C=O) groups excluding carboxylic acids is 1. The fraction of sp³-hybridized carbons (Fsp3) is 0.700. The lowest BCUT2D eigenvalue weighted by Crippen LogP contribution is -2.41. The Bertz CT molecular complexity index is 178. The molecule has 3 N–H and O–H groups in total. The maximum absolute atomic E-state index is 11.1. The molecular formula is C10H20N2O. The number of nitrogens with two attached hydrogens (primary N) is 1. The molecule has 3 nitrogen and oxygen atoms in total. The molecule has 13 heavy (non-hydrogen) atoms. The highest BCUT2D eigenvalue weighted by atomic mass is 16.1. The second-order valence-electron chi connectivity index (χ2n) is 3.36. The molecule has 0 aromatic carbocycles. The third kappa shape index (κ3) is 6.34. The number of unbranched alkanes of at least 4 members (excludes halogenated alkanes) is 2. The molecule has 1 atom stereocenters. The average Bonchev–Trinajstić information content (AvgIpc) is 2.04. The first-order valence-corrected chi connectivity index (χ1v) is 4.80. The van der Waals surface area contributed by atoms with Gasteiger partial charge in [0.05, 0.1) is 6.17 Å². The predicted molar refractivity (Wildman–Crippen MR) is 55.1 cm³/mol. The zero-order valence-corrected chi connectivity index (χ0v) is 8.60. The molecule has 0 aromatic rings. The summed E-state index contributed by atoms with van der Waals surface area (Å²) in [7, 11) is 0. The van der Waals surface area contributed by atoms with Gasteiger partial charge < -0.3 is 11.1 Å². The van der Waals surface area contributed by atoms with Crippen molar-refractivity contribution in [1.82, 2.24) is 5.32 Å². The molecule has 0 radical (unpaired) electrons. The summed E-state index contributed by atoms with van der Waals surface area (Å²) in [5.41, 5.74) is 6.19. The average molecular weight is 184 g/mol. The Labute approximate surface area is 80.4 Å². The lowest BCUT2D eigenvalue weighted by molar-refractivity contribution is -0.118. The van der Waals surface area contributed by atoms with Crippen LogP contribution >= 0.6 is 0 Å². The quantitative estimate of drug-likeness (QED) is 0.374. The van der Waals surface area contributed by atoms with Crippen molar-refractivity contribution >= 4 is 5.91 Å². The van der Waals surface area contributed by atoms with Crippen LogP contribution in [0.4, 0.5) is 0 Å². The van der Waals surface area contributed by atoms with E-state index in [4.69, 9.17) is 5.73 Å². The monoisotopic (exact) mass is 184 g/mol. The van der Waals surface area contributed by atoms with Crippen molar-refractivity contribution in [2.45, 2.75) is 45.7 Å². The van der Waals surface area contributed by atoms with Crippen LogP contribution in [0.5, 0.6) is 0 Å². The van der Waals surface area contributed by atoms with Gasteiger partial charge >= 0.3 is 0 Å². The minimum Gasteiger partial charge on any atom is -0.337 e. The first-order valence-electron chi connectivity index (χ1n) is 4.80. The van der Waals surface area contributed by atoms with Gasteiger partial charge in [-0.2, -0.15) is 0 Å². The van der Waals surface area contributed by atoms with Crippen LogP contribution in [-0.4, -0.2) is 12.1 Å². The van der Waals surface area contributed by atoms with Crippen LogP contribution in [-0.2, 0) is 4.79 Å². The van der Waals surface area contributed by atoms with Crippen molar-refractivity contribution in [3.8, 4) is 0 Å². The van der Waals surface area contributed by atoms with Crippen LogP contribution < -0.4 is 11.1 Å². The van der Waals surface area contributed by atoms with Crippen molar-refractivity contribution in [2.75, 3.05) is 0 Å². The van der Waals surface area contributed by atoms with Gasteiger partial charge in [0.2, 0.25) is 5.91 Å². The van der Waals surface area contributed by atoms with Crippen molar-refractivity contribution in [2.24, 2.45) is 5.73 Å². The molecule has 1 amide bonds. The standard InChI is InChI=1S/C10H20N2O/c1-4-5-6-7-9(11)12-10(13)8(2)3/h9H,2,4-7,11H2,1,3H3,(H,12,13). The molecule has 3 heteroatoms. The van der Waals surface area contributed by atoms with Gasteiger partial charge in [0.15, 0.2) is 0 Å². The number of hydrogen-bond donors (Lipinski definition) is 2. The second-order valence-corrected chi connectivity index (χ2v) is 3.36. The third-order valence-electron chi connectivity index (χ3n) is 1.82. The smallest absolute Gasteiger partial charge is 0.247 e. The Morgan fingerprint density at radius 1 is 1.54 bits per heavy atom. The van der Waals surface area contributed by atoms with E-state index in [0.29, 0.717) is 5.57 Å². The van der Waals surface area contributed by atoms with Crippen LogP contribution in [0, 0.1) is 0 Å². The van der Waals surface area contributed by atoms with Crippen LogP contribution in [0.15, 0.2) is 12.2 Å². The molecule has 1 unspecified atom stereocenters.